The molecule has 0 aliphatic heterocycles. The first kappa shape index (κ1) is 13.4. The minimum absolute atomic E-state index is 0.139. The van der Waals surface area contributed by atoms with E-state index in [4.69, 9.17) is 0 Å². The Labute approximate surface area is 121 Å². The quantitative estimate of drug-likeness (QED) is 0.689. The second-order valence-electron chi connectivity index (χ2n) is 5.18. The van der Waals surface area contributed by atoms with E-state index in [9.17, 15) is 4.79 Å². The fraction of sp³-hybridized carbons (Fsp3) is 0.267. The minimum atomic E-state index is -0.139. The fourth-order valence-corrected chi connectivity index (χ4v) is 2.28. The van der Waals surface area contributed by atoms with Gasteiger partial charge in [0.15, 0.2) is 0 Å². The molecule has 0 amide bonds. The monoisotopic (exact) mass is 281 g/mol. The number of hydrogen-bond acceptors (Lipinski definition) is 5. The SMILES string of the molecule is Cc1cc(C(=O)c2cn(C(C)C)c3ncncc23)ncn1. The van der Waals surface area contributed by atoms with E-state index in [1.54, 1.807) is 12.3 Å². The summed E-state index contributed by atoms with van der Waals surface area (Å²) < 4.78 is 1.97. The molecule has 0 spiro atoms. The Kier molecular flexibility index (Phi) is 3.21. The van der Waals surface area contributed by atoms with Gasteiger partial charge < -0.3 is 4.57 Å². The summed E-state index contributed by atoms with van der Waals surface area (Å²) in [6.07, 6.45) is 6.39. The summed E-state index contributed by atoms with van der Waals surface area (Å²) in [5.74, 6) is -0.139. The van der Waals surface area contributed by atoms with Crippen molar-refractivity contribution in [3.05, 3.63) is 48.1 Å². The van der Waals surface area contributed by atoms with Gasteiger partial charge in [0.1, 0.15) is 24.0 Å². The molecule has 6 nitrogen and oxygen atoms in total. The molecule has 0 unspecified atom stereocenters. The Bertz CT molecular complexity index is 822. The number of carbonyl (C=O) groups is 1. The zero-order valence-corrected chi connectivity index (χ0v) is 12.1. The van der Waals surface area contributed by atoms with Crippen molar-refractivity contribution in [3.63, 3.8) is 0 Å². The smallest absolute Gasteiger partial charge is 0.213 e. The number of carbonyl (C=O) groups excluding carboxylic acids is 1. The van der Waals surface area contributed by atoms with Gasteiger partial charge >= 0.3 is 0 Å². The van der Waals surface area contributed by atoms with Crippen molar-refractivity contribution in [2.75, 3.05) is 0 Å². The summed E-state index contributed by atoms with van der Waals surface area (Å²) in [4.78, 5) is 29.1. The van der Waals surface area contributed by atoms with E-state index in [0.717, 1.165) is 16.7 Å². The molecular weight excluding hydrogens is 266 g/mol. The van der Waals surface area contributed by atoms with Crippen molar-refractivity contribution in [3.8, 4) is 0 Å². The molecule has 3 aromatic rings. The molecule has 0 atom stereocenters. The second-order valence-corrected chi connectivity index (χ2v) is 5.18. The van der Waals surface area contributed by atoms with Crippen LogP contribution in [0.2, 0.25) is 0 Å². The average molecular weight is 281 g/mol. The van der Waals surface area contributed by atoms with E-state index in [1.165, 1.54) is 12.7 Å². The number of ketones is 1. The maximum atomic E-state index is 12.7. The third-order valence-electron chi connectivity index (χ3n) is 3.33. The summed E-state index contributed by atoms with van der Waals surface area (Å²) >= 11 is 0. The van der Waals surface area contributed by atoms with E-state index in [-0.39, 0.29) is 11.8 Å². The third-order valence-corrected chi connectivity index (χ3v) is 3.33. The van der Waals surface area contributed by atoms with Crippen LogP contribution in [0, 0.1) is 6.92 Å². The third kappa shape index (κ3) is 2.29. The lowest BCUT2D eigenvalue weighted by Crippen LogP contribution is -2.05. The van der Waals surface area contributed by atoms with Gasteiger partial charge in [-0.1, -0.05) is 0 Å². The molecule has 3 rings (SSSR count). The average Bonchev–Trinajstić information content (AvgIpc) is 2.86. The van der Waals surface area contributed by atoms with E-state index < -0.39 is 0 Å². The molecule has 0 N–H and O–H groups in total. The first-order valence-electron chi connectivity index (χ1n) is 6.72. The van der Waals surface area contributed by atoms with Crippen LogP contribution >= 0.6 is 0 Å². The second kappa shape index (κ2) is 5.05. The molecule has 0 aromatic carbocycles. The van der Waals surface area contributed by atoms with Gasteiger partial charge in [-0.3, -0.25) is 4.79 Å². The predicted molar refractivity (Wildman–Crippen MR) is 78.1 cm³/mol. The highest BCUT2D eigenvalue weighted by molar-refractivity contribution is 6.15. The largest absolute Gasteiger partial charge is 0.329 e. The highest BCUT2D eigenvalue weighted by atomic mass is 16.1. The number of nitrogens with zero attached hydrogens (tertiary/aromatic N) is 5. The lowest BCUT2D eigenvalue weighted by atomic mass is 10.1. The van der Waals surface area contributed by atoms with Crippen molar-refractivity contribution in [2.24, 2.45) is 0 Å². The van der Waals surface area contributed by atoms with Gasteiger partial charge in [0.05, 0.1) is 5.56 Å². The zero-order chi connectivity index (χ0) is 15.0. The highest BCUT2D eigenvalue weighted by Crippen LogP contribution is 2.24. The molecule has 21 heavy (non-hydrogen) atoms. The molecule has 0 saturated carbocycles. The van der Waals surface area contributed by atoms with Crippen LogP contribution in [0.5, 0.6) is 0 Å². The molecule has 0 saturated heterocycles. The minimum Gasteiger partial charge on any atom is -0.329 e. The maximum Gasteiger partial charge on any atom is 0.213 e. The van der Waals surface area contributed by atoms with Crippen molar-refractivity contribution in [2.45, 2.75) is 26.8 Å². The Balaban J connectivity index is 2.19. The first-order chi connectivity index (χ1) is 10.1. The number of rotatable bonds is 3. The van der Waals surface area contributed by atoms with Gasteiger partial charge in [0, 0.05) is 29.5 Å². The fourth-order valence-electron chi connectivity index (χ4n) is 2.28. The number of hydrogen-bond donors (Lipinski definition) is 0. The zero-order valence-electron chi connectivity index (χ0n) is 12.1. The van der Waals surface area contributed by atoms with Gasteiger partial charge in [0.25, 0.3) is 0 Å². The number of fused-ring (bicyclic) bond motifs is 1. The Morgan fingerprint density at radius 3 is 2.71 bits per heavy atom. The molecule has 3 heterocycles. The lowest BCUT2D eigenvalue weighted by Gasteiger charge is -2.07. The van der Waals surface area contributed by atoms with Crippen LogP contribution in [-0.2, 0) is 0 Å². The Morgan fingerprint density at radius 1 is 1.19 bits per heavy atom. The van der Waals surface area contributed by atoms with Gasteiger partial charge in [-0.25, -0.2) is 19.9 Å². The van der Waals surface area contributed by atoms with Crippen LogP contribution < -0.4 is 0 Å². The molecule has 6 heteroatoms. The summed E-state index contributed by atoms with van der Waals surface area (Å²) in [5.41, 5.74) is 2.47. The molecule has 0 bridgehead atoms. The van der Waals surface area contributed by atoms with Crippen LogP contribution in [0.3, 0.4) is 0 Å². The molecule has 0 aliphatic carbocycles. The summed E-state index contributed by atoms with van der Waals surface area (Å²) in [6, 6.07) is 1.89. The van der Waals surface area contributed by atoms with Crippen LogP contribution in [0.15, 0.2) is 31.1 Å². The number of aromatic nitrogens is 5. The van der Waals surface area contributed by atoms with Crippen molar-refractivity contribution in [1.82, 2.24) is 24.5 Å². The normalized spacial score (nSPS) is 11.2. The molecule has 0 radical (unpaired) electrons. The highest BCUT2D eigenvalue weighted by Gasteiger charge is 2.19. The number of aryl methyl sites for hydroxylation is 1. The van der Waals surface area contributed by atoms with Crippen LogP contribution in [0.25, 0.3) is 11.0 Å². The van der Waals surface area contributed by atoms with Crippen molar-refractivity contribution < 1.29 is 4.79 Å². The summed E-state index contributed by atoms with van der Waals surface area (Å²) in [7, 11) is 0. The standard InChI is InChI=1S/C15H15N5O/c1-9(2)20-6-12(11-5-16-7-19-15(11)20)14(21)13-4-10(3)17-8-18-13/h4-9H,1-3H3. The van der Waals surface area contributed by atoms with E-state index in [0.29, 0.717) is 11.3 Å². The van der Waals surface area contributed by atoms with Crippen LogP contribution in [-0.4, -0.2) is 30.3 Å². The van der Waals surface area contributed by atoms with Gasteiger partial charge in [-0.2, -0.15) is 0 Å². The molecule has 106 valence electrons. The predicted octanol–water partition coefficient (Wildman–Crippen LogP) is 2.34. The van der Waals surface area contributed by atoms with Gasteiger partial charge in [-0.15, -0.1) is 0 Å². The van der Waals surface area contributed by atoms with Crippen molar-refractivity contribution in [1.29, 1.82) is 0 Å². The molecule has 0 aliphatic rings. The maximum absolute atomic E-state index is 12.7. The summed E-state index contributed by atoms with van der Waals surface area (Å²) in [6.45, 7) is 5.92. The first-order valence-corrected chi connectivity index (χ1v) is 6.72. The summed E-state index contributed by atoms with van der Waals surface area (Å²) in [5, 5.41) is 0.743. The van der Waals surface area contributed by atoms with E-state index in [1.807, 2.05) is 31.5 Å². The van der Waals surface area contributed by atoms with Crippen molar-refractivity contribution >= 4 is 16.8 Å². The Hall–Kier alpha value is -2.63. The molecular formula is C15H15N5O. The topological polar surface area (TPSA) is 73.6 Å². The molecule has 0 fully saturated rings. The van der Waals surface area contributed by atoms with E-state index in [2.05, 4.69) is 19.9 Å². The molecule has 3 aromatic heterocycles. The van der Waals surface area contributed by atoms with Gasteiger partial charge in [-0.05, 0) is 26.8 Å². The van der Waals surface area contributed by atoms with Crippen LogP contribution in [0.1, 0.15) is 41.6 Å². The lowest BCUT2D eigenvalue weighted by molar-refractivity contribution is 0.103. The van der Waals surface area contributed by atoms with Crippen LogP contribution in [0.4, 0.5) is 0 Å². The van der Waals surface area contributed by atoms with Gasteiger partial charge in [0.2, 0.25) is 5.78 Å². The van der Waals surface area contributed by atoms with E-state index >= 15 is 0 Å². The Morgan fingerprint density at radius 2 is 2.00 bits per heavy atom.